The highest BCUT2D eigenvalue weighted by Crippen LogP contribution is 2.27. The number of carbonyl (C=O) groups is 1. The minimum Gasteiger partial charge on any atom is -0.397 e. The maximum absolute atomic E-state index is 12.0. The third kappa shape index (κ3) is 4.71. The van der Waals surface area contributed by atoms with E-state index in [9.17, 15) is 4.79 Å². The molecule has 1 aromatic heterocycles. The van der Waals surface area contributed by atoms with Crippen molar-refractivity contribution in [3.05, 3.63) is 24.0 Å². The van der Waals surface area contributed by atoms with Crippen LogP contribution in [0.5, 0.6) is 0 Å². The lowest BCUT2D eigenvalue weighted by Gasteiger charge is -2.34. The van der Waals surface area contributed by atoms with Crippen LogP contribution in [0.3, 0.4) is 0 Å². The van der Waals surface area contributed by atoms with Crippen molar-refractivity contribution < 1.29 is 4.79 Å². The highest BCUT2D eigenvalue weighted by Gasteiger charge is 2.28. The zero-order valence-electron chi connectivity index (χ0n) is 11.3. The van der Waals surface area contributed by atoms with E-state index in [2.05, 4.69) is 17.2 Å². The van der Waals surface area contributed by atoms with Gasteiger partial charge in [-0.1, -0.05) is 19.3 Å². The monoisotopic (exact) mass is 283 g/mol. The smallest absolute Gasteiger partial charge is 0.226 e. The fourth-order valence-corrected chi connectivity index (χ4v) is 2.54. The number of halogens is 1. The molecule has 1 saturated carbocycles. The lowest BCUT2D eigenvalue weighted by atomic mass is 9.83. The van der Waals surface area contributed by atoms with Crippen LogP contribution in [0.4, 0.5) is 5.69 Å². The summed E-state index contributed by atoms with van der Waals surface area (Å²) in [6, 6.07) is 3.58. The van der Waals surface area contributed by atoms with Crippen molar-refractivity contribution in [1.82, 2.24) is 10.3 Å². The Morgan fingerprint density at radius 1 is 1.37 bits per heavy atom. The molecule has 4 nitrogen and oxygen atoms in total. The van der Waals surface area contributed by atoms with Gasteiger partial charge in [0.15, 0.2) is 0 Å². The van der Waals surface area contributed by atoms with Gasteiger partial charge in [-0.25, -0.2) is 0 Å². The number of carbonyl (C=O) groups excluding carboxylic acids is 1. The molecule has 0 spiro atoms. The van der Waals surface area contributed by atoms with E-state index in [0.29, 0.717) is 12.1 Å². The van der Waals surface area contributed by atoms with E-state index in [1.54, 1.807) is 18.3 Å². The number of hydrogen-bond acceptors (Lipinski definition) is 3. The van der Waals surface area contributed by atoms with Gasteiger partial charge in [0.2, 0.25) is 5.91 Å². The Bertz CT molecular complexity index is 413. The number of nitrogen functional groups attached to an aromatic ring is 1. The number of rotatable bonds is 3. The molecule has 0 aromatic carbocycles. The Balaban J connectivity index is 0.00000180. The van der Waals surface area contributed by atoms with Crippen molar-refractivity contribution >= 4 is 24.0 Å². The first kappa shape index (κ1) is 15.8. The predicted octanol–water partition coefficient (Wildman–Crippen LogP) is 2.47. The van der Waals surface area contributed by atoms with Crippen LogP contribution < -0.4 is 11.1 Å². The molecule has 5 heteroatoms. The van der Waals surface area contributed by atoms with Crippen molar-refractivity contribution in [3.63, 3.8) is 0 Å². The molecular weight excluding hydrogens is 262 g/mol. The van der Waals surface area contributed by atoms with E-state index >= 15 is 0 Å². The van der Waals surface area contributed by atoms with E-state index < -0.39 is 0 Å². The van der Waals surface area contributed by atoms with Crippen LogP contribution in [-0.4, -0.2) is 16.4 Å². The largest absolute Gasteiger partial charge is 0.397 e. The van der Waals surface area contributed by atoms with Crippen molar-refractivity contribution in [2.24, 2.45) is 0 Å². The van der Waals surface area contributed by atoms with Gasteiger partial charge in [0, 0.05) is 11.2 Å². The maximum atomic E-state index is 12.0. The molecule has 1 amide bonds. The Hall–Kier alpha value is -1.29. The molecule has 1 heterocycles. The van der Waals surface area contributed by atoms with Gasteiger partial charge in [0.1, 0.15) is 0 Å². The topological polar surface area (TPSA) is 68.0 Å². The number of hydrogen-bond donors (Lipinski definition) is 2. The number of pyridine rings is 1. The van der Waals surface area contributed by atoms with Crippen LogP contribution in [0, 0.1) is 0 Å². The zero-order chi connectivity index (χ0) is 13.0. The first-order valence-electron chi connectivity index (χ1n) is 6.59. The van der Waals surface area contributed by atoms with E-state index in [-0.39, 0.29) is 23.9 Å². The fraction of sp³-hybridized carbons (Fsp3) is 0.571. The van der Waals surface area contributed by atoms with Crippen LogP contribution >= 0.6 is 12.4 Å². The second kappa shape index (κ2) is 6.75. The Kier molecular flexibility index (Phi) is 5.60. The number of anilines is 1. The summed E-state index contributed by atoms with van der Waals surface area (Å²) in [6.45, 7) is 2.14. The quantitative estimate of drug-likeness (QED) is 0.895. The lowest BCUT2D eigenvalue weighted by molar-refractivity contribution is -0.122. The molecule has 0 radical (unpaired) electrons. The molecule has 106 valence electrons. The third-order valence-electron chi connectivity index (χ3n) is 3.59. The summed E-state index contributed by atoms with van der Waals surface area (Å²) in [5.41, 5.74) is 6.93. The molecule has 19 heavy (non-hydrogen) atoms. The molecule has 3 N–H and O–H groups in total. The molecule has 1 aliphatic carbocycles. The minimum atomic E-state index is -0.0247. The van der Waals surface area contributed by atoms with E-state index in [1.807, 2.05) is 0 Å². The normalized spacial score (nSPS) is 17.3. The van der Waals surface area contributed by atoms with Crippen LogP contribution in [0.2, 0.25) is 0 Å². The van der Waals surface area contributed by atoms with Crippen LogP contribution in [-0.2, 0) is 11.2 Å². The fourth-order valence-electron chi connectivity index (χ4n) is 2.54. The molecule has 1 aliphatic rings. The standard InChI is InChI=1S/C14H21N3O.ClH/c1-14(7-3-2-4-8-14)17-13(18)9-12-6-5-11(15)10-16-12;/h5-6,10H,2-4,7-9,15H2,1H3,(H,17,18);1H. The van der Waals surface area contributed by atoms with Gasteiger partial charge in [0.05, 0.1) is 18.3 Å². The molecule has 1 fully saturated rings. The van der Waals surface area contributed by atoms with Crippen LogP contribution in [0.25, 0.3) is 0 Å². The maximum Gasteiger partial charge on any atom is 0.226 e. The number of nitrogens with one attached hydrogen (secondary N) is 1. The predicted molar refractivity (Wildman–Crippen MR) is 79.2 cm³/mol. The first-order chi connectivity index (χ1) is 8.57. The summed E-state index contributed by atoms with van der Waals surface area (Å²) in [5.74, 6) is 0.0525. The zero-order valence-corrected chi connectivity index (χ0v) is 12.1. The Morgan fingerprint density at radius 3 is 2.63 bits per heavy atom. The summed E-state index contributed by atoms with van der Waals surface area (Å²) in [7, 11) is 0. The second-order valence-electron chi connectivity index (χ2n) is 5.43. The van der Waals surface area contributed by atoms with Crippen molar-refractivity contribution in [3.8, 4) is 0 Å². The molecule has 0 bridgehead atoms. The Labute approximate surface area is 120 Å². The summed E-state index contributed by atoms with van der Waals surface area (Å²) in [6.07, 6.45) is 7.77. The molecule has 1 aromatic rings. The van der Waals surface area contributed by atoms with Gasteiger partial charge in [0.25, 0.3) is 0 Å². The van der Waals surface area contributed by atoms with Gasteiger partial charge in [-0.15, -0.1) is 12.4 Å². The average molecular weight is 284 g/mol. The summed E-state index contributed by atoms with van der Waals surface area (Å²) in [5, 5.41) is 3.15. The van der Waals surface area contributed by atoms with Gasteiger partial charge < -0.3 is 11.1 Å². The van der Waals surface area contributed by atoms with E-state index in [4.69, 9.17) is 5.73 Å². The summed E-state index contributed by atoms with van der Waals surface area (Å²) in [4.78, 5) is 16.1. The van der Waals surface area contributed by atoms with Gasteiger partial charge in [-0.3, -0.25) is 9.78 Å². The third-order valence-corrected chi connectivity index (χ3v) is 3.59. The van der Waals surface area contributed by atoms with Crippen molar-refractivity contribution in [2.45, 2.75) is 51.0 Å². The highest BCUT2D eigenvalue weighted by atomic mass is 35.5. The Morgan fingerprint density at radius 2 is 2.05 bits per heavy atom. The molecule has 2 rings (SSSR count). The molecular formula is C14H22ClN3O. The molecule has 0 saturated heterocycles. The summed E-state index contributed by atoms with van der Waals surface area (Å²) < 4.78 is 0. The second-order valence-corrected chi connectivity index (χ2v) is 5.43. The SMILES string of the molecule is CC1(NC(=O)Cc2ccc(N)cn2)CCCCC1.Cl. The number of aromatic nitrogens is 1. The highest BCUT2D eigenvalue weighted by molar-refractivity contribution is 5.85. The molecule has 0 atom stereocenters. The molecule has 0 aliphatic heterocycles. The first-order valence-corrected chi connectivity index (χ1v) is 6.59. The number of nitrogens with two attached hydrogens (primary N) is 1. The average Bonchev–Trinajstić information content (AvgIpc) is 2.32. The lowest BCUT2D eigenvalue weighted by Crippen LogP contribution is -2.47. The van der Waals surface area contributed by atoms with Crippen molar-refractivity contribution in [2.75, 3.05) is 5.73 Å². The number of nitrogens with zero attached hydrogens (tertiary/aromatic N) is 1. The van der Waals surface area contributed by atoms with Gasteiger partial charge in [-0.2, -0.15) is 0 Å². The van der Waals surface area contributed by atoms with Crippen molar-refractivity contribution in [1.29, 1.82) is 0 Å². The minimum absolute atomic E-state index is 0. The number of amides is 1. The van der Waals surface area contributed by atoms with Crippen LogP contribution in [0.1, 0.15) is 44.7 Å². The summed E-state index contributed by atoms with van der Waals surface area (Å²) >= 11 is 0. The molecule has 0 unspecified atom stereocenters. The van der Waals surface area contributed by atoms with Gasteiger partial charge in [-0.05, 0) is 31.9 Å². The van der Waals surface area contributed by atoms with Crippen LogP contribution in [0.15, 0.2) is 18.3 Å². The van der Waals surface area contributed by atoms with Gasteiger partial charge >= 0.3 is 0 Å². The van der Waals surface area contributed by atoms with E-state index in [1.165, 1.54) is 19.3 Å². The van der Waals surface area contributed by atoms with E-state index in [0.717, 1.165) is 18.5 Å².